The van der Waals surface area contributed by atoms with Crippen LogP contribution in [0.15, 0.2) is 52.1 Å². The molecule has 0 atom stereocenters. The lowest BCUT2D eigenvalue weighted by atomic mass is 10.2. The van der Waals surface area contributed by atoms with Crippen molar-refractivity contribution >= 4 is 29.0 Å². The van der Waals surface area contributed by atoms with Crippen LogP contribution in [0.2, 0.25) is 0 Å². The van der Waals surface area contributed by atoms with E-state index in [1.807, 2.05) is 0 Å². The summed E-state index contributed by atoms with van der Waals surface area (Å²) in [6.07, 6.45) is 0. The molecule has 0 aliphatic carbocycles. The van der Waals surface area contributed by atoms with Gasteiger partial charge in [0.1, 0.15) is 5.82 Å². The van der Waals surface area contributed by atoms with Crippen LogP contribution in [0.25, 0.3) is 11.5 Å². The van der Waals surface area contributed by atoms with E-state index in [4.69, 9.17) is 4.42 Å². The first-order chi connectivity index (χ1) is 12.9. The van der Waals surface area contributed by atoms with Crippen molar-refractivity contribution in [2.75, 3.05) is 11.1 Å². The second kappa shape index (κ2) is 7.96. The van der Waals surface area contributed by atoms with Gasteiger partial charge in [-0.05, 0) is 24.6 Å². The van der Waals surface area contributed by atoms with Crippen LogP contribution in [-0.4, -0.2) is 26.8 Å². The van der Waals surface area contributed by atoms with Crippen molar-refractivity contribution in [2.24, 2.45) is 0 Å². The summed E-state index contributed by atoms with van der Waals surface area (Å²) in [7, 11) is 0. The highest BCUT2D eigenvalue weighted by Crippen LogP contribution is 2.26. The number of carbonyl (C=O) groups is 1. The Morgan fingerprint density at radius 2 is 2.07 bits per heavy atom. The van der Waals surface area contributed by atoms with Gasteiger partial charge < -0.3 is 9.73 Å². The van der Waals surface area contributed by atoms with Crippen LogP contribution in [0.3, 0.4) is 0 Å². The molecule has 0 radical (unpaired) electrons. The quantitative estimate of drug-likeness (QED) is 0.388. The second-order valence-electron chi connectivity index (χ2n) is 5.45. The van der Waals surface area contributed by atoms with E-state index in [0.717, 1.165) is 11.8 Å². The number of thioether (sulfide) groups is 1. The number of halogens is 1. The lowest BCUT2D eigenvalue weighted by Gasteiger charge is -2.07. The topological polar surface area (TPSA) is 111 Å². The molecule has 0 aliphatic heterocycles. The number of carbonyl (C=O) groups excluding carboxylic acids is 1. The Balaban J connectivity index is 1.63. The SMILES string of the molecule is Cc1ccc([N+](=O)[O-])cc1NC(=O)CSc1nnc(-c2ccccc2F)o1. The third-order valence-corrected chi connectivity index (χ3v) is 4.36. The number of nitro groups is 1. The zero-order valence-electron chi connectivity index (χ0n) is 14.0. The zero-order chi connectivity index (χ0) is 19.4. The first kappa shape index (κ1) is 18.5. The number of nitrogens with zero attached hydrogens (tertiary/aromatic N) is 3. The Morgan fingerprint density at radius 1 is 1.30 bits per heavy atom. The Labute approximate surface area is 156 Å². The molecule has 1 heterocycles. The average Bonchev–Trinajstić information content (AvgIpc) is 3.11. The molecule has 0 spiro atoms. The highest BCUT2D eigenvalue weighted by atomic mass is 32.2. The van der Waals surface area contributed by atoms with Gasteiger partial charge in [0.25, 0.3) is 16.8 Å². The Kier molecular flexibility index (Phi) is 5.46. The minimum atomic E-state index is -0.535. The molecule has 138 valence electrons. The van der Waals surface area contributed by atoms with Crippen LogP contribution in [0, 0.1) is 22.9 Å². The number of rotatable bonds is 6. The molecule has 1 N–H and O–H groups in total. The first-order valence-electron chi connectivity index (χ1n) is 7.70. The number of aryl methyl sites for hydroxylation is 1. The molecule has 27 heavy (non-hydrogen) atoms. The number of amides is 1. The predicted molar refractivity (Wildman–Crippen MR) is 96.9 cm³/mol. The number of aromatic nitrogens is 2. The third-order valence-electron chi connectivity index (χ3n) is 3.54. The lowest BCUT2D eigenvalue weighted by Crippen LogP contribution is -2.15. The van der Waals surface area contributed by atoms with Crippen molar-refractivity contribution in [2.45, 2.75) is 12.1 Å². The van der Waals surface area contributed by atoms with Gasteiger partial charge in [-0.3, -0.25) is 14.9 Å². The molecule has 8 nitrogen and oxygen atoms in total. The third kappa shape index (κ3) is 4.47. The molecule has 1 aromatic heterocycles. The maximum atomic E-state index is 13.7. The molecule has 0 aliphatic rings. The van der Waals surface area contributed by atoms with Crippen LogP contribution in [-0.2, 0) is 4.79 Å². The van der Waals surface area contributed by atoms with Crippen LogP contribution in [0.5, 0.6) is 0 Å². The van der Waals surface area contributed by atoms with E-state index in [9.17, 15) is 19.3 Å². The largest absolute Gasteiger partial charge is 0.411 e. The summed E-state index contributed by atoms with van der Waals surface area (Å²) in [5.41, 5.74) is 1.11. The standard InChI is InChI=1S/C17H13FN4O4S/c1-10-6-7-11(22(24)25)8-14(10)19-15(23)9-27-17-21-20-16(26-17)12-4-2-3-5-13(12)18/h2-8H,9H2,1H3,(H,19,23). The number of anilines is 1. The highest BCUT2D eigenvalue weighted by Gasteiger charge is 2.15. The molecule has 2 aromatic carbocycles. The van der Waals surface area contributed by atoms with E-state index >= 15 is 0 Å². The van der Waals surface area contributed by atoms with E-state index in [1.165, 1.54) is 24.3 Å². The van der Waals surface area contributed by atoms with Gasteiger partial charge in [-0.25, -0.2) is 4.39 Å². The maximum absolute atomic E-state index is 13.7. The van der Waals surface area contributed by atoms with Gasteiger partial charge in [-0.2, -0.15) is 0 Å². The van der Waals surface area contributed by atoms with Crippen molar-refractivity contribution in [3.8, 4) is 11.5 Å². The van der Waals surface area contributed by atoms with Gasteiger partial charge in [-0.15, -0.1) is 10.2 Å². The van der Waals surface area contributed by atoms with Gasteiger partial charge >= 0.3 is 0 Å². The summed E-state index contributed by atoms with van der Waals surface area (Å²) in [6, 6.07) is 10.2. The summed E-state index contributed by atoms with van der Waals surface area (Å²) < 4.78 is 19.1. The number of non-ortho nitro benzene ring substituents is 1. The predicted octanol–water partition coefficient (Wildman–Crippen LogP) is 3.82. The average molecular weight is 388 g/mol. The normalized spacial score (nSPS) is 10.6. The van der Waals surface area contributed by atoms with Gasteiger partial charge in [-0.1, -0.05) is 30.0 Å². The molecule has 10 heteroatoms. The highest BCUT2D eigenvalue weighted by molar-refractivity contribution is 7.99. The Bertz CT molecular complexity index is 1010. The van der Waals surface area contributed by atoms with E-state index in [-0.39, 0.29) is 28.1 Å². The minimum Gasteiger partial charge on any atom is -0.411 e. The Morgan fingerprint density at radius 3 is 2.81 bits per heavy atom. The molecule has 0 saturated heterocycles. The van der Waals surface area contributed by atoms with Crippen molar-refractivity contribution in [3.05, 3.63) is 64.0 Å². The lowest BCUT2D eigenvalue weighted by molar-refractivity contribution is -0.384. The number of hydrogen-bond acceptors (Lipinski definition) is 7. The molecule has 0 bridgehead atoms. The van der Waals surface area contributed by atoms with Gasteiger partial charge in [0.05, 0.1) is 21.9 Å². The summed E-state index contributed by atoms with van der Waals surface area (Å²) in [4.78, 5) is 22.4. The molecule has 0 fully saturated rings. The molecule has 0 saturated carbocycles. The van der Waals surface area contributed by atoms with Crippen LogP contribution in [0.1, 0.15) is 5.56 Å². The fourth-order valence-corrected chi connectivity index (χ4v) is 2.75. The fourth-order valence-electron chi connectivity index (χ4n) is 2.18. The summed E-state index contributed by atoms with van der Waals surface area (Å²) in [6.45, 7) is 1.73. The molecule has 0 unspecified atom stereocenters. The molecular formula is C17H13FN4O4S. The van der Waals surface area contributed by atoms with Crippen molar-refractivity contribution in [1.82, 2.24) is 10.2 Å². The minimum absolute atomic E-state index is 0.0190. The van der Waals surface area contributed by atoms with Gasteiger partial charge in [0.2, 0.25) is 5.91 Å². The van der Waals surface area contributed by atoms with E-state index in [2.05, 4.69) is 15.5 Å². The molecule has 3 rings (SSSR count). The number of nitrogens with one attached hydrogen (secondary N) is 1. The van der Waals surface area contributed by atoms with Crippen molar-refractivity contribution in [1.29, 1.82) is 0 Å². The van der Waals surface area contributed by atoms with E-state index in [1.54, 1.807) is 25.1 Å². The summed E-state index contributed by atoms with van der Waals surface area (Å²) in [5.74, 6) is -0.919. The molecule has 3 aromatic rings. The molecular weight excluding hydrogens is 375 g/mol. The first-order valence-corrected chi connectivity index (χ1v) is 8.68. The maximum Gasteiger partial charge on any atom is 0.277 e. The molecule has 1 amide bonds. The van der Waals surface area contributed by atoms with Crippen LogP contribution >= 0.6 is 11.8 Å². The van der Waals surface area contributed by atoms with E-state index < -0.39 is 16.6 Å². The summed E-state index contributed by atoms with van der Waals surface area (Å²) in [5, 5.41) is 21.1. The van der Waals surface area contributed by atoms with Crippen LogP contribution in [0.4, 0.5) is 15.8 Å². The Hall–Kier alpha value is -3.27. The number of hydrogen-bond donors (Lipinski definition) is 1. The smallest absolute Gasteiger partial charge is 0.277 e. The zero-order valence-corrected chi connectivity index (χ0v) is 14.8. The summed E-state index contributed by atoms with van der Waals surface area (Å²) >= 11 is 0.977. The monoisotopic (exact) mass is 388 g/mol. The number of nitro benzene ring substituents is 1. The second-order valence-corrected chi connectivity index (χ2v) is 6.37. The van der Waals surface area contributed by atoms with E-state index in [0.29, 0.717) is 11.3 Å². The van der Waals surface area contributed by atoms with Gasteiger partial charge in [0.15, 0.2) is 0 Å². The van der Waals surface area contributed by atoms with Gasteiger partial charge in [0, 0.05) is 12.1 Å². The van der Waals surface area contributed by atoms with Crippen molar-refractivity contribution in [3.63, 3.8) is 0 Å². The van der Waals surface area contributed by atoms with Crippen molar-refractivity contribution < 1.29 is 18.5 Å². The van der Waals surface area contributed by atoms with Crippen LogP contribution < -0.4 is 5.32 Å². The fraction of sp³-hybridized carbons (Fsp3) is 0.118. The number of benzene rings is 2.